The number of hydrogen-bond acceptors (Lipinski definition) is 4. The predicted molar refractivity (Wildman–Crippen MR) is 53.3 cm³/mol. The zero-order chi connectivity index (χ0) is 11.2. The van der Waals surface area contributed by atoms with E-state index in [1.54, 1.807) is 6.92 Å². The molecule has 5 heteroatoms. The maximum absolute atomic E-state index is 11.6. The van der Waals surface area contributed by atoms with E-state index in [9.17, 15) is 15.0 Å². The van der Waals surface area contributed by atoms with Crippen molar-refractivity contribution in [3.8, 4) is 0 Å². The second kappa shape index (κ2) is 3.31. The first-order chi connectivity index (χ1) is 7.00. The van der Waals surface area contributed by atoms with E-state index in [0.29, 0.717) is 5.76 Å². The molecule has 2 N–H and O–H groups in total. The highest BCUT2D eigenvalue weighted by atomic mass is 35.5. The van der Waals surface area contributed by atoms with E-state index in [0.717, 1.165) is 6.08 Å². The van der Waals surface area contributed by atoms with Gasteiger partial charge in [-0.25, -0.2) is 0 Å². The van der Waals surface area contributed by atoms with Gasteiger partial charge < -0.3 is 14.9 Å². The van der Waals surface area contributed by atoms with Gasteiger partial charge in [0.2, 0.25) is 0 Å². The van der Waals surface area contributed by atoms with Crippen LogP contribution in [0, 0.1) is 5.92 Å². The highest BCUT2D eigenvalue weighted by molar-refractivity contribution is 6.31. The van der Waals surface area contributed by atoms with Crippen LogP contribution in [0.4, 0.5) is 0 Å². The number of ketones is 1. The van der Waals surface area contributed by atoms with Gasteiger partial charge in [-0.2, -0.15) is 0 Å². The molecule has 15 heavy (non-hydrogen) atoms. The minimum Gasteiger partial charge on any atom is -0.511 e. The Morgan fingerprint density at radius 3 is 2.73 bits per heavy atom. The minimum absolute atomic E-state index is 0.0404. The van der Waals surface area contributed by atoms with Crippen LogP contribution in [0.1, 0.15) is 6.92 Å². The Morgan fingerprint density at radius 1 is 1.40 bits per heavy atom. The molecule has 0 aromatic carbocycles. The van der Waals surface area contributed by atoms with Crippen molar-refractivity contribution >= 4 is 17.4 Å². The van der Waals surface area contributed by atoms with Gasteiger partial charge in [0.1, 0.15) is 22.5 Å². The van der Waals surface area contributed by atoms with Crippen LogP contribution in [0.25, 0.3) is 0 Å². The van der Waals surface area contributed by atoms with Gasteiger partial charge >= 0.3 is 0 Å². The molecule has 1 heterocycles. The molecule has 4 nitrogen and oxygen atoms in total. The molecular formula is C10H9ClO4. The van der Waals surface area contributed by atoms with Crippen molar-refractivity contribution < 1.29 is 19.7 Å². The van der Waals surface area contributed by atoms with Crippen LogP contribution in [-0.4, -0.2) is 22.1 Å². The lowest BCUT2D eigenvalue weighted by Crippen LogP contribution is -2.37. The van der Waals surface area contributed by atoms with Crippen molar-refractivity contribution in [1.82, 2.24) is 0 Å². The normalized spacial score (nSPS) is 30.4. The SMILES string of the molecule is CC1=CC(=O)[C@@H]2C(O)=CC(O)=C(Cl)[C@@H]2O1. The van der Waals surface area contributed by atoms with Crippen LogP contribution in [0.5, 0.6) is 0 Å². The number of hydrogen-bond donors (Lipinski definition) is 2. The molecule has 1 aliphatic heterocycles. The first kappa shape index (κ1) is 10.1. The zero-order valence-corrected chi connectivity index (χ0v) is 8.65. The van der Waals surface area contributed by atoms with Gasteiger partial charge in [0, 0.05) is 12.2 Å². The first-order valence-electron chi connectivity index (χ1n) is 4.38. The van der Waals surface area contributed by atoms with Gasteiger partial charge in [-0.15, -0.1) is 0 Å². The smallest absolute Gasteiger partial charge is 0.173 e. The summed E-state index contributed by atoms with van der Waals surface area (Å²) >= 11 is 5.81. The van der Waals surface area contributed by atoms with Crippen molar-refractivity contribution in [1.29, 1.82) is 0 Å². The fraction of sp³-hybridized carbons (Fsp3) is 0.300. The number of allylic oxidation sites excluding steroid dienone is 3. The zero-order valence-electron chi connectivity index (χ0n) is 7.90. The lowest BCUT2D eigenvalue weighted by atomic mass is 9.88. The second-order valence-corrected chi connectivity index (χ2v) is 3.88. The molecule has 2 rings (SSSR count). The largest absolute Gasteiger partial charge is 0.511 e. The quantitative estimate of drug-likeness (QED) is 0.665. The molecule has 0 aromatic rings. The highest BCUT2D eigenvalue weighted by Gasteiger charge is 2.41. The Morgan fingerprint density at radius 2 is 2.07 bits per heavy atom. The van der Waals surface area contributed by atoms with Crippen molar-refractivity contribution in [3.63, 3.8) is 0 Å². The topological polar surface area (TPSA) is 66.8 Å². The summed E-state index contributed by atoms with van der Waals surface area (Å²) in [6.45, 7) is 1.62. The number of fused-ring (bicyclic) bond motifs is 1. The Hall–Kier alpha value is -1.42. The van der Waals surface area contributed by atoms with E-state index in [4.69, 9.17) is 16.3 Å². The molecule has 0 unspecified atom stereocenters. The van der Waals surface area contributed by atoms with E-state index in [-0.39, 0.29) is 22.3 Å². The number of aliphatic hydroxyl groups excluding tert-OH is 2. The molecule has 1 aliphatic carbocycles. The summed E-state index contributed by atoms with van der Waals surface area (Å²) in [5, 5.41) is 18.9. The molecular weight excluding hydrogens is 220 g/mol. The Kier molecular flexibility index (Phi) is 2.23. The standard InChI is InChI=1S/C10H9ClO4/c1-4-2-5(12)8-6(13)3-7(14)9(11)10(8)15-4/h2-3,8,10,13-14H,1H3/t8-,10-/m1/s1. The van der Waals surface area contributed by atoms with Gasteiger partial charge in [-0.3, -0.25) is 4.79 Å². The second-order valence-electron chi connectivity index (χ2n) is 3.48. The summed E-state index contributed by atoms with van der Waals surface area (Å²) in [7, 11) is 0. The maximum atomic E-state index is 11.6. The summed E-state index contributed by atoms with van der Waals surface area (Å²) in [6.07, 6.45) is 1.56. The molecule has 0 saturated carbocycles. The van der Waals surface area contributed by atoms with Gasteiger partial charge in [0.15, 0.2) is 11.9 Å². The van der Waals surface area contributed by atoms with Gasteiger partial charge in [0.05, 0.1) is 5.76 Å². The van der Waals surface area contributed by atoms with Crippen molar-refractivity contribution in [2.24, 2.45) is 5.92 Å². The van der Waals surface area contributed by atoms with Crippen LogP contribution in [0.3, 0.4) is 0 Å². The summed E-state index contributed by atoms with van der Waals surface area (Å²) < 4.78 is 5.30. The van der Waals surface area contributed by atoms with Gasteiger partial charge in [0.25, 0.3) is 0 Å². The average molecular weight is 229 g/mol. The van der Waals surface area contributed by atoms with Crippen molar-refractivity contribution in [3.05, 3.63) is 34.5 Å². The number of carbonyl (C=O) groups is 1. The van der Waals surface area contributed by atoms with E-state index >= 15 is 0 Å². The predicted octanol–water partition coefficient (Wildman–Crippen LogP) is 1.94. The molecule has 0 radical (unpaired) electrons. The van der Waals surface area contributed by atoms with Crippen LogP contribution in [0.2, 0.25) is 0 Å². The molecule has 2 aliphatic rings. The minimum atomic E-state index is -0.836. The molecule has 0 saturated heterocycles. The molecule has 2 atom stereocenters. The Balaban J connectivity index is 2.48. The molecule has 0 amide bonds. The van der Waals surface area contributed by atoms with Gasteiger partial charge in [-0.05, 0) is 6.92 Å². The van der Waals surface area contributed by atoms with Crippen LogP contribution in [0.15, 0.2) is 34.5 Å². The van der Waals surface area contributed by atoms with Crippen molar-refractivity contribution in [2.75, 3.05) is 0 Å². The third-order valence-electron chi connectivity index (χ3n) is 2.37. The van der Waals surface area contributed by atoms with E-state index in [1.807, 2.05) is 0 Å². The number of aliphatic hydroxyl groups is 2. The van der Waals surface area contributed by atoms with Crippen LogP contribution < -0.4 is 0 Å². The highest BCUT2D eigenvalue weighted by Crippen LogP contribution is 2.36. The van der Waals surface area contributed by atoms with E-state index in [1.165, 1.54) is 6.08 Å². The lowest BCUT2D eigenvalue weighted by molar-refractivity contribution is -0.123. The van der Waals surface area contributed by atoms with Crippen molar-refractivity contribution in [2.45, 2.75) is 13.0 Å². The number of ether oxygens (including phenoxy) is 1. The third-order valence-corrected chi connectivity index (χ3v) is 2.77. The maximum Gasteiger partial charge on any atom is 0.173 e. The molecule has 0 fully saturated rings. The third kappa shape index (κ3) is 1.51. The summed E-state index contributed by atoms with van der Waals surface area (Å²) in [5.41, 5.74) is 0. The summed E-state index contributed by atoms with van der Waals surface area (Å²) in [4.78, 5) is 11.6. The Labute approximate surface area is 91.1 Å². The molecule has 0 bridgehead atoms. The fourth-order valence-corrected chi connectivity index (χ4v) is 1.91. The van der Waals surface area contributed by atoms with Crippen LogP contribution >= 0.6 is 11.6 Å². The van der Waals surface area contributed by atoms with E-state index in [2.05, 4.69) is 0 Å². The number of halogens is 1. The fourth-order valence-electron chi connectivity index (χ4n) is 1.69. The lowest BCUT2D eigenvalue weighted by Gasteiger charge is -2.31. The molecule has 80 valence electrons. The number of carbonyl (C=O) groups excluding carboxylic acids is 1. The average Bonchev–Trinajstić information content (AvgIpc) is 2.12. The number of rotatable bonds is 0. The van der Waals surface area contributed by atoms with Crippen LogP contribution in [-0.2, 0) is 9.53 Å². The monoisotopic (exact) mass is 228 g/mol. The first-order valence-corrected chi connectivity index (χ1v) is 4.76. The van der Waals surface area contributed by atoms with E-state index < -0.39 is 12.0 Å². The molecule has 0 aromatic heterocycles. The molecule has 0 spiro atoms. The van der Waals surface area contributed by atoms with Gasteiger partial charge in [-0.1, -0.05) is 11.6 Å². The summed E-state index contributed by atoms with van der Waals surface area (Å²) in [6, 6.07) is 0. The summed E-state index contributed by atoms with van der Waals surface area (Å²) in [5.74, 6) is -1.18. The Bertz CT molecular complexity index is 419.